The van der Waals surface area contributed by atoms with Crippen molar-refractivity contribution in [3.05, 3.63) is 17.8 Å². The van der Waals surface area contributed by atoms with Crippen LogP contribution in [0.15, 0.2) is 12.3 Å². The van der Waals surface area contributed by atoms with Crippen LogP contribution in [0.5, 0.6) is 0 Å². The first-order valence-electron chi connectivity index (χ1n) is 6.66. The molecule has 1 aliphatic heterocycles. The number of hydrogen-bond acceptors (Lipinski definition) is 4. The minimum Gasteiger partial charge on any atom is -0.384 e. The average molecular weight is 247 g/mol. The lowest BCUT2D eigenvalue weighted by Gasteiger charge is -2.37. The van der Waals surface area contributed by atoms with Gasteiger partial charge in [-0.05, 0) is 31.7 Å². The summed E-state index contributed by atoms with van der Waals surface area (Å²) in [6, 6.07) is 2.29. The molecule has 2 heterocycles. The molecule has 1 fully saturated rings. The number of rotatable bonds is 4. The van der Waals surface area contributed by atoms with E-state index in [1.54, 1.807) is 12.3 Å². The molecule has 3 N–H and O–H groups in total. The second-order valence-corrected chi connectivity index (χ2v) is 4.81. The number of nitrogens with zero attached hydrogens (tertiary/aromatic N) is 3. The molecule has 1 atom stereocenters. The van der Waals surface area contributed by atoms with E-state index in [2.05, 4.69) is 22.0 Å². The highest BCUT2D eigenvalue weighted by molar-refractivity contribution is 5.99. The van der Waals surface area contributed by atoms with Gasteiger partial charge in [0, 0.05) is 12.6 Å². The van der Waals surface area contributed by atoms with Gasteiger partial charge in [0.25, 0.3) is 0 Å². The molecule has 1 aromatic rings. The van der Waals surface area contributed by atoms with Gasteiger partial charge in [-0.2, -0.15) is 5.10 Å². The Hall–Kier alpha value is -1.65. The van der Waals surface area contributed by atoms with E-state index in [-0.39, 0.29) is 5.84 Å². The molecule has 5 nitrogen and oxygen atoms in total. The highest BCUT2D eigenvalue weighted by atomic mass is 15.3. The SMILES string of the molecule is CCCC1CCCCN1c1nnccc1C(=N)N. The highest BCUT2D eigenvalue weighted by Crippen LogP contribution is 2.27. The zero-order chi connectivity index (χ0) is 13.0. The van der Waals surface area contributed by atoms with Gasteiger partial charge in [0.2, 0.25) is 0 Å². The summed E-state index contributed by atoms with van der Waals surface area (Å²) in [5.41, 5.74) is 6.33. The molecule has 0 saturated carbocycles. The van der Waals surface area contributed by atoms with E-state index in [0.717, 1.165) is 25.2 Å². The van der Waals surface area contributed by atoms with Crippen molar-refractivity contribution < 1.29 is 0 Å². The predicted molar refractivity (Wildman–Crippen MR) is 72.9 cm³/mol. The van der Waals surface area contributed by atoms with Gasteiger partial charge in [0.05, 0.1) is 11.8 Å². The van der Waals surface area contributed by atoms with Gasteiger partial charge < -0.3 is 10.6 Å². The molecule has 1 aliphatic rings. The number of aromatic nitrogens is 2. The van der Waals surface area contributed by atoms with Crippen LogP contribution in [0.1, 0.15) is 44.6 Å². The quantitative estimate of drug-likeness (QED) is 0.629. The lowest BCUT2D eigenvalue weighted by Crippen LogP contribution is -2.41. The van der Waals surface area contributed by atoms with Crippen LogP contribution in [-0.2, 0) is 0 Å². The molecule has 18 heavy (non-hydrogen) atoms. The third kappa shape index (κ3) is 2.60. The topological polar surface area (TPSA) is 78.9 Å². The number of anilines is 1. The summed E-state index contributed by atoms with van der Waals surface area (Å²) in [6.45, 7) is 3.19. The summed E-state index contributed by atoms with van der Waals surface area (Å²) in [7, 11) is 0. The van der Waals surface area contributed by atoms with Gasteiger partial charge in [-0.15, -0.1) is 5.10 Å². The van der Waals surface area contributed by atoms with Gasteiger partial charge in [0.1, 0.15) is 5.84 Å². The Bertz CT molecular complexity index is 416. The minimum absolute atomic E-state index is 0.0701. The maximum absolute atomic E-state index is 7.65. The fourth-order valence-electron chi connectivity index (χ4n) is 2.66. The first kappa shape index (κ1) is 12.8. The minimum atomic E-state index is 0.0701. The zero-order valence-electron chi connectivity index (χ0n) is 10.9. The summed E-state index contributed by atoms with van der Waals surface area (Å²) in [6.07, 6.45) is 7.57. The van der Waals surface area contributed by atoms with Crippen molar-refractivity contribution in [3.8, 4) is 0 Å². The molecule has 1 saturated heterocycles. The van der Waals surface area contributed by atoms with Crippen LogP contribution in [0.4, 0.5) is 5.82 Å². The monoisotopic (exact) mass is 247 g/mol. The van der Waals surface area contributed by atoms with Gasteiger partial charge in [-0.1, -0.05) is 13.3 Å². The summed E-state index contributed by atoms with van der Waals surface area (Å²) in [4.78, 5) is 2.29. The molecule has 5 heteroatoms. The second-order valence-electron chi connectivity index (χ2n) is 4.81. The zero-order valence-corrected chi connectivity index (χ0v) is 10.9. The standard InChI is InChI=1S/C13H21N5/c1-2-5-10-6-3-4-9-18(10)13-11(12(14)15)7-8-16-17-13/h7-8,10H,2-6,9H2,1H3,(H3,14,15). The van der Waals surface area contributed by atoms with Crippen LogP contribution < -0.4 is 10.6 Å². The molecule has 1 unspecified atom stereocenters. The number of nitrogen functional groups attached to an aromatic ring is 1. The molecular weight excluding hydrogens is 226 g/mol. The first-order chi connectivity index (χ1) is 8.74. The fourth-order valence-corrected chi connectivity index (χ4v) is 2.66. The number of nitrogens with two attached hydrogens (primary N) is 1. The van der Waals surface area contributed by atoms with Crippen LogP contribution in [0.3, 0.4) is 0 Å². The predicted octanol–water partition coefficient (Wildman–Crippen LogP) is 1.92. The van der Waals surface area contributed by atoms with Crippen LogP contribution >= 0.6 is 0 Å². The van der Waals surface area contributed by atoms with E-state index in [4.69, 9.17) is 11.1 Å². The fraction of sp³-hybridized carbons (Fsp3) is 0.615. The smallest absolute Gasteiger partial charge is 0.162 e. The van der Waals surface area contributed by atoms with E-state index in [9.17, 15) is 0 Å². The Morgan fingerprint density at radius 2 is 2.39 bits per heavy atom. The third-order valence-corrected chi connectivity index (χ3v) is 3.51. The lowest BCUT2D eigenvalue weighted by atomic mass is 9.97. The van der Waals surface area contributed by atoms with E-state index in [1.165, 1.54) is 19.3 Å². The van der Waals surface area contributed by atoms with Crippen LogP contribution in [0.25, 0.3) is 0 Å². The largest absolute Gasteiger partial charge is 0.384 e. The molecule has 0 amide bonds. The van der Waals surface area contributed by atoms with Crippen molar-refractivity contribution in [2.24, 2.45) is 5.73 Å². The van der Waals surface area contributed by atoms with Gasteiger partial charge in [-0.25, -0.2) is 0 Å². The van der Waals surface area contributed by atoms with E-state index < -0.39 is 0 Å². The van der Waals surface area contributed by atoms with Crippen molar-refractivity contribution in [1.29, 1.82) is 5.41 Å². The normalized spacial score (nSPS) is 19.8. The molecule has 0 aromatic carbocycles. The van der Waals surface area contributed by atoms with Crippen molar-refractivity contribution in [3.63, 3.8) is 0 Å². The Labute approximate surface area is 108 Å². The van der Waals surface area contributed by atoms with Crippen molar-refractivity contribution in [2.45, 2.75) is 45.1 Å². The maximum atomic E-state index is 7.65. The summed E-state index contributed by atoms with van der Waals surface area (Å²) >= 11 is 0. The van der Waals surface area contributed by atoms with E-state index >= 15 is 0 Å². The van der Waals surface area contributed by atoms with Crippen molar-refractivity contribution in [1.82, 2.24) is 10.2 Å². The van der Waals surface area contributed by atoms with Crippen molar-refractivity contribution in [2.75, 3.05) is 11.4 Å². The molecule has 1 aromatic heterocycles. The lowest BCUT2D eigenvalue weighted by molar-refractivity contribution is 0.430. The van der Waals surface area contributed by atoms with Crippen LogP contribution in [-0.4, -0.2) is 28.6 Å². The number of hydrogen-bond donors (Lipinski definition) is 2. The Kier molecular flexibility index (Phi) is 4.12. The summed E-state index contributed by atoms with van der Waals surface area (Å²) in [5.74, 6) is 0.851. The van der Waals surface area contributed by atoms with Gasteiger partial charge >= 0.3 is 0 Å². The maximum Gasteiger partial charge on any atom is 0.162 e. The Morgan fingerprint density at radius 3 is 3.11 bits per heavy atom. The number of amidine groups is 1. The molecule has 0 radical (unpaired) electrons. The van der Waals surface area contributed by atoms with E-state index in [0.29, 0.717) is 11.6 Å². The summed E-state index contributed by atoms with van der Waals surface area (Å²) in [5, 5.41) is 15.8. The molecule has 0 bridgehead atoms. The van der Waals surface area contributed by atoms with E-state index in [1.807, 2.05) is 0 Å². The summed E-state index contributed by atoms with van der Waals surface area (Å²) < 4.78 is 0. The molecular formula is C13H21N5. The van der Waals surface area contributed by atoms with Gasteiger partial charge in [0.15, 0.2) is 5.82 Å². The van der Waals surface area contributed by atoms with Gasteiger partial charge in [-0.3, -0.25) is 5.41 Å². The average Bonchev–Trinajstić information content (AvgIpc) is 2.40. The number of nitrogens with one attached hydrogen (secondary N) is 1. The van der Waals surface area contributed by atoms with Crippen LogP contribution in [0, 0.1) is 5.41 Å². The Morgan fingerprint density at radius 1 is 1.56 bits per heavy atom. The molecule has 2 rings (SSSR count). The highest BCUT2D eigenvalue weighted by Gasteiger charge is 2.25. The van der Waals surface area contributed by atoms with Crippen LogP contribution in [0.2, 0.25) is 0 Å². The molecule has 0 aliphatic carbocycles. The Balaban J connectivity index is 2.30. The van der Waals surface area contributed by atoms with Crippen molar-refractivity contribution >= 4 is 11.7 Å². The third-order valence-electron chi connectivity index (χ3n) is 3.51. The second kappa shape index (κ2) is 5.80. The molecule has 98 valence electrons. The first-order valence-corrected chi connectivity index (χ1v) is 6.66. The molecule has 0 spiro atoms. The number of piperidine rings is 1.